The number of imidazole rings is 1. The molecule has 6 nitrogen and oxygen atoms in total. The molecule has 3 heterocycles. The number of carboxylic acids is 1. The molecule has 9 heteroatoms. The Hall–Kier alpha value is -2.91. The number of hydrogen-bond acceptors (Lipinski definition) is 4. The minimum absolute atomic E-state index is 0.104. The quantitative estimate of drug-likeness (QED) is 0.356. The Morgan fingerprint density at radius 2 is 1.71 bits per heavy atom. The minimum atomic E-state index is -4.38. The second-order valence-electron chi connectivity index (χ2n) is 12.3. The maximum absolute atomic E-state index is 13.4. The van der Waals surface area contributed by atoms with Gasteiger partial charge in [0.05, 0.1) is 22.9 Å². The van der Waals surface area contributed by atoms with E-state index in [0.29, 0.717) is 17.0 Å². The minimum Gasteiger partial charge on any atom is -0.480 e. The third-order valence-electron chi connectivity index (χ3n) is 9.79. The van der Waals surface area contributed by atoms with Crippen LogP contribution >= 0.6 is 0 Å². The molecule has 6 rings (SSSR count). The van der Waals surface area contributed by atoms with Crippen molar-refractivity contribution in [2.45, 2.75) is 69.1 Å². The normalized spacial score (nSPS) is 24.7. The van der Waals surface area contributed by atoms with Gasteiger partial charge in [-0.3, -0.25) is 9.69 Å². The summed E-state index contributed by atoms with van der Waals surface area (Å²) in [5.41, 5.74) is 1.75. The number of likely N-dealkylation sites (tertiary alicyclic amines) is 2. The molecule has 220 valence electrons. The molecule has 3 fully saturated rings. The van der Waals surface area contributed by atoms with E-state index in [1.54, 1.807) is 6.33 Å². The summed E-state index contributed by atoms with van der Waals surface area (Å²) in [5, 5.41) is 10.3. The summed E-state index contributed by atoms with van der Waals surface area (Å²) in [6.45, 7) is 4.14. The molecule has 3 aliphatic rings. The fraction of sp³-hybridized carbons (Fsp3) is 0.562. The van der Waals surface area contributed by atoms with Gasteiger partial charge in [0.25, 0.3) is 0 Å². The van der Waals surface area contributed by atoms with Crippen LogP contribution in [0.4, 0.5) is 13.2 Å². The lowest BCUT2D eigenvalue weighted by Crippen LogP contribution is -2.46. The summed E-state index contributed by atoms with van der Waals surface area (Å²) in [7, 11) is 0. The number of rotatable bonds is 7. The molecule has 2 aromatic carbocycles. The Morgan fingerprint density at radius 3 is 2.39 bits per heavy atom. The molecule has 3 atom stereocenters. The fourth-order valence-electron chi connectivity index (χ4n) is 7.71. The summed E-state index contributed by atoms with van der Waals surface area (Å²) in [5.74, 6) is 0.127. The SMILES string of the molecule is O=C(O)C(C1CCCCC1)N1CC(CN2CCC(n3cnc4ccc(C(F)(F)F)cc43)CC2)C(c2ccccc2)C1. The van der Waals surface area contributed by atoms with Crippen molar-refractivity contribution >= 4 is 17.0 Å². The van der Waals surface area contributed by atoms with Crippen LogP contribution < -0.4 is 0 Å². The van der Waals surface area contributed by atoms with Crippen LogP contribution in [0.1, 0.15) is 68.0 Å². The summed E-state index contributed by atoms with van der Waals surface area (Å²) in [6, 6.07) is 13.9. The van der Waals surface area contributed by atoms with E-state index in [-0.39, 0.29) is 17.9 Å². The number of carbonyl (C=O) groups is 1. The molecule has 41 heavy (non-hydrogen) atoms. The number of alkyl halides is 3. The van der Waals surface area contributed by atoms with Crippen LogP contribution in [0.2, 0.25) is 0 Å². The van der Waals surface area contributed by atoms with Crippen molar-refractivity contribution in [2.24, 2.45) is 11.8 Å². The zero-order valence-electron chi connectivity index (χ0n) is 23.3. The van der Waals surface area contributed by atoms with Crippen LogP contribution in [0.5, 0.6) is 0 Å². The van der Waals surface area contributed by atoms with Crippen LogP contribution in [0.15, 0.2) is 54.9 Å². The molecule has 1 saturated carbocycles. The molecule has 1 aliphatic carbocycles. The van der Waals surface area contributed by atoms with Crippen LogP contribution in [0.25, 0.3) is 11.0 Å². The first-order valence-corrected chi connectivity index (χ1v) is 15.1. The smallest absolute Gasteiger partial charge is 0.416 e. The number of aliphatic carboxylic acids is 1. The standard InChI is InChI=1S/C32H39F3N4O2/c33-32(34,35)25-11-12-28-29(17-25)39(21-36-28)26-13-15-37(16-14-26)18-24-19-38(20-27(24)22-7-3-1-4-8-22)30(31(40)41)23-9-5-2-6-10-23/h1,3-4,7-8,11-12,17,21,23-24,26-27,30H,2,5-6,9-10,13-16,18-20H2,(H,40,41). The van der Waals surface area contributed by atoms with Gasteiger partial charge < -0.3 is 14.6 Å². The molecule has 3 unspecified atom stereocenters. The number of piperidine rings is 1. The summed E-state index contributed by atoms with van der Waals surface area (Å²) in [4.78, 5) is 21.6. The monoisotopic (exact) mass is 568 g/mol. The van der Waals surface area contributed by atoms with E-state index in [1.807, 2.05) is 10.6 Å². The van der Waals surface area contributed by atoms with Gasteiger partial charge >= 0.3 is 12.1 Å². The lowest BCUT2D eigenvalue weighted by Gasteiger charge is -2.36. The molecule has 3 aromatic rings. The lowest BCUT2D eigenvalue weighted by atomic mass is 9.83. The first kappa shape index (κ1) is 28.2. The summed E-state index contributed by atoms with van der Waals surface area (Å²) < 4.78 is 42.0. The predicted molar refractivity (Wildman–Crippen MR) is 152 cm³/mol. The van der Waals surface area contributed by atoms with Crippen molar-refractivity contribution < 1.29 is 23.1 Å². The first-order chi connectivity index (χ1) is 19.8. The van der Waals surface area contributed by atoms with Crippen LogP contribution in [0.3, 0.4) is 0 Å². The number of aromatic nitrogens is 2. The molecule has 0 radical (unpaired) electrons. The van der Waals surface area contributed by atoms with Gasteiger partial charge in [-0.2, -0.15) is 13.2 Å². The Labute approximate surface area is 239 Å². The van der Waals surface area contributed by atoms with E-state index in [1.165, 1.54) is 24.1 Å². The topological polar surface area (TPSA) is 61.6 Å². The van der Waals surface area contributed by atoms with E-state index in [4.69, 9.17) is 0 Å². The number of nitrogens with zero attached hydrogens (tertiary/aromatic N) is 4. The van der Waals surface area contributed by atoms with Gasteiger partial charge in [-0.1, -0.05) is 49.6 Å². The highest BCUT2D eigenvalue weighted by Gasteiger charge is 2.43. The van der Waals surface area contributed by atoms with Crippen molar-refractivity contribution in [1.29, 1.82) is 0 Å². The van der Waals surface area contributed by atoms with Gasteiger partial charge in [-0.15, -0.1) is 0 Å². The Morgan fingerprint density at radius 1 is 0.976 bits per heavy atom. The summed E-state index contributed by atoms with van der Waals surface area (Å²) >= 11 is 0. The van der Waals surface area contributed by atoms with Gasteiger partial charge in [0, 0.05) is 44.7 Å². The Bertz CT molecular complexity index is 1330. The average molecular weight is 569 g/mol. The number of fused-ring (bicyclic) bond motifs is 1. The third kappa shape index (κ3) is 6.02. The van der Waals surface area contributed by atoms with E-state index < -0.39 is 23.8 Å². The second-order valence-corrected chi connectivity index (χ2v) is 12.3. The highest BCUT2D eigenvalue weighted by molar-refractivity contribution is 5.76. The maximum Gasteiger partial charge on any atom is 0.416 e. The molecule has 2 aliphatic heterocycles. The van der Waals surface area contributed by atoms with Crippen molar-refractivity contribution in [3.05, 3.63) is 66.0 Å². The largest absolute Gasteiger partial charge is 0.480 e. The number of carboxylic acid groups (broad SMARTS) is 1. The van der Waals surface area contributed by atoms with Gasteiger partial charge in [-0.25, -0.2) is 4.98 Å². The fourth-order valence-corrected chi connectivity index (χ4v) is 7.71. The van der Waals surface area contributed by atoms with E-state index in [9.17, 15) is 23.1 Å². The Kier molecular flexibility index (Phi) is 8.10. The molecule has 2 saturated heterocycles. The molecule has 1 aromatic heterocycles. The zero-order chi connectivity index (χ0) is 28.6. The molecule has 0 bridgehead atoms. The van der Waals surface area contributed by atoms with Crippen LogP contribution in [-0.4, -0.2) is 69.2 Å². The van der Waals surface area contributed by atoms with Gasteiger partial charge in [0.15, 0.2) is 0 Å². The third-order valence-corrected chi connectivity index (χ3v) is 9.79. The molecule has 1 N–H and O–H groups in total. The highest BCUT2D eigenvalue weighted by atomic mass is 19.4. The molecular weight excluding hydrogens is 529 g/mol. The Balaban J connectivity index is 1.15. The lowest BCUT2D eigenvalue weighted by molar-refractivity contribution is -0.145. The summed E-state index contributed by atoms with van der Waals surface area (Å²) in [6.07, 6.45) is 4.41. The van der Waals surface area contributed by atoms with Gasteiger partial charge in [-0.05, 0) is 61.3 Å². The number of halogens is 3. The van der Waals surface area contributed by atoms with Crippen LogP contribution in [0, 0.1) is 11.8 Å². The van der Waals surface area contributed by atoms with Crippen molar-refractivity contribution in [1.82, 2.24) is 19.4 Å². The number of hydrogen-bond donors (Lipinski definition) is 1. The van der Waals surface area contributed by atoms with Gasteiger partial charge in [0.2, 0.25) is 0 Å². The average Bonchev–Trinajstić information content (AvgIpc) is 3.58. The van der Waals surface area contributed by atoms with Gasteiger partial charge in [0.1, 0.15) is 6.04 Å². The highest BCUT2D eigenvalue weighted by Crippen LogP contribution is 2.39. The molecule has 0 spiro atoms. The van der Waals surface area contributed by atoms with E-state index >= 15 is 0 Å². The zero-order valence-corrected chi connectivity index (χ0v) is 23.3. The first-order valence-electron chi connectivity index (χ1n) is 15.1. The molecule has 0 amide bonds. The maximum atomic E-state index is 13.4. The van der Waals surface area contributed by atoms with Crippen molar-refractivity contribution in [2.75, 3.05) is 32.7 Å². The second kappa shape index (κ2) is 11.8. The predicted octanol–water partition coefficient (Wildman–Crippen LogP) is 6.44. The van der Waals surface area contributed by atoms with E-state index in [0.717, 1.165) is 77.3 Å². The van der Waals surface area contributed by atoms with E-state index in [2.05, 4.69) is 39.0 Å². The van der Waals surface area contributed by atoms with Crippen molar-refractivity contribution in [3.63, 3.8) is 0 Å². The molecular formula is C32H39F3N4O2. The van der Waals surface area contributed by atoms with Crippen molar-refractivity contribution in [3.8, 4) is 0 Å². The van der Waals surface area contributed by atoms with Crippen LogP contribution in [-0.2, 0) is 11.0 Å². The number of benzene rings is 2.